The second-order valence-corrected chi connectivity index (χ2v) is 7.25. The van der Waals surface area contributed by atoms with Crippen molar-refractivity contribution < 1.29 is 28.2 Å². The molecule has 0 aromatic carbocycles. The van der Waals surface area contributed by atoms with Gasteiger partial charge in [0.05, 0.1) is 25.9 Å². The van der Waals surface area contributed by atoms with Crippen molar-refractivity contribution in [2.24, 2.45) is 4.99 Å². The van der Waals surface area contributed by atoms with Crippen molar-refractivity contribution in [1.29, 1.82) is 0 Å². The molecule has 0 bridgehead atoms. The Morgan fingerprint density at radius 2 is 1.63 bits per heavy atom. The molecule has 172 valence electrons. The fraction of sp³-hybridized carbons (Fsp3) is 0.818. The van der Waals surface area contributed by atoms with E-state index in [0.717, 1.165) is 89.5 Å². The van der Waals surface area contributed by atoms with Gasteiger partial charge in [-0.3, -0.25) is 9.79 Å². The lowest BCUT2D eigenvalue weighted by atomic mass is 10.4. The molecule has 30 heavy (non-hydrogen) atoms. The third kappa shape index (κ3) is 9.13. The third-order valence-corrected chi connectivity index (χ3v) is 5.09. The first-order valence-electron chi connectivity index (χ1n) is 11.3. The first kappa shape index (κ1) is 25.9. The maximum atomic E-state index is 11.3. The maximum Gasteiger partial charge on any atom is 0.336 e. The van der Waals surface area contributed by atoms with Crippen molar-refractivity contribution in [2.75, 3.05) is 66.6 Å². The van der Waals surface area contributed by atoms with Crippen molar-refractivity contribution in [3.05, 3.63) is 0 Å². The Kier molecular flexibility index (Phi) is 12.8. The zero-order valence-corrected chi connectivity index (χ0v) is 19.9. The predicted molar refractivity (Wildman–Crippen MR) is 120 cm³/mol. The number of hydrogen-bond acceptors (Lipinski definition) is 5. The average Bonchev–Trinajstić information content (AvgIpc) is 3.53. The van der Waals surface area contributed by atoms with Gasteiger partial charge in [-0.25, -0.2) is 4.58 Å². The largest absolute Gasteiger partial charge is 0.479 e. The van der Waals surface area contributed by atoms with Crippen molar-refractivity contribution in [2.45, 2.75) is 53.4 Å². The highest BCUT2D eigenvalue weighted by Crippen LogP contribution is 2.00. The van der Waals surface area contributed by atoms with Crippen molar-refractivity contribution in [3.63, 3.8) is 0 Å². The van der Waals surface area contributed by atoms with E-state index in [1.807, 2.05) is 20.9 Å². The highest BCUT2D eigenvalue weighted by atomic mass is 16.5. The number of ether oxygens (including phenoxy) is 3. The summed E-state index contributed by atoms with van der Waals surface area (Å²) in [5.74, 6) is 3.31. The van der Waals surface area contributed by atoms with Gasteiger partial charge in [-0.15, -0.1) is 0 Å². The van der Waals surface area contributed by atoms with E-state index in [0.29, 0.717) is 6.42 Å². The van der Waals surface area contributed by atoms with Gasteiger partial charge in [-0.1, -0.05) is 27.7 Å². The van der Waals surface area contributed by atoms with Crippen LogP contribution in [0.25, 0.3) is 0 Å². The van der Waals surface area contributed by atoms with Crippen LogP contribution < -0.4 is 0 Å². The molecule has 1 amide bonds. The lowest BCUT2D eigenvalue weighted by molar-refractivity contribution is -0.519. The third-order valence-electron chi connectivity index (χ3n) is 5.09. The summed E-state index contributed by atoms with van der Waals surface area (Å²) in [6, 6.07) is 0. The Morgan fingerprint density at radius 1 is 0.967 bits per heavy atom. The smallest absolute Gasteiger partial charge is 0.336 e. The SMILES string of the molecule is CCC(=O)N(C)CC[N+]1=C(CC)OCC1.CCC1=NCCO1.CCC1=[N+](C)CCO1. The van der Waals surface area contributed by atoms with E-state index in [9.17, 15) is 4.79 Å². The molecule has 0 aromatic rings. The molecule has 3 heterocycles. The molecule has 0 saturated carbocycles. The molecule has 0 fully saturated rings. The fourth-order valence-corrected chi connectivity index (χ4v) is 3.22. The second kappa shape index (κ2) is 14.8. The average molecular weight is 427 g/mol. The van der Waals surface area contributed by atoms with Crippen LogP contribution in [-0.2, 0) is 19.0 Å². The van der Waals surface area contributed by atoms with Crippen LogP contribution >= 0.6 is 0 Å². The van der Waals surface area contributed by atoms with E-state index in [1.54, 1.807) is 4.90 Å². The molecule has 3 aliphatic heterocycles. The Labute approximate surface area is 182 Å². The molecule has 0 aromatic heterocycles. The van der Waals surface area contributed by atoms with E-state index >= 15 is 0 Å². The zero-order valence-electron chi connectivity index (χ0n) is 19.9. The van der Waals surface area contributed by atoms with Gasteiger partial charge in [-0.2, -0.15) is 4.58 Å². The molecule has 0 unspecified atom stereocenters. The van der Waals surface area contributed by atoms with Gasteiger partial charge >= 0.3 is 11.8 Å². The van der Waals surface area contributed by atoms with Gasteiger partial charge in [0, 0.05) is 19.9 Å². The Bertz CT molecular complexity index is 629. The van der Waals surface area contributed by atoms with Crippen LogP contribution in [0, 0.1) is 0 Å². The lowest BCUT2D eigenvalue weighted by Gasteiger charge is -2.14. The van der Waals surface area contributed by atoms with Crippen LogP contribution in [0.1, 0.15) is 53.4 Å². The molecule has 0 N–H and O–H groups in total. The molecule has 0 atom stereocenters. The van der Waals surface area contributed by atoms with E-state index in [1.165, 1.54) is 0 Å². The summed E-state index contributed by atoms with van der Waals surface area (Å²) >= 11 is 0. The first-order valence-corrected chi connectivity index (χ1v) is 11.3. The van der Waals surface area contributed by atoms with Crippen molar-refractivity contribution in [3.8, 4) is 0 Å². The van der Waals surface area contributed by atoms with Crippen LogP contribution in [-0.4, -0.2) is 104 Å². The zero-order chi connectivity index (χ0) is 22.4. The maximum absolute atomic E-state index is 11.3. The van der Waals surface area contributed by atoms with Crippen LogP contribution in [0.15, 0.2) is 4.99 Å². The van der Waals surface area contributed by atoms with Crippen LogP contribution in [0.5, 0.6) is 0 Å². The summed E-state index contributed by atoms with van der Waals surface area (Å²) in [5.41, 5.74) is 0. The molecule has 0 saturated heterocycles. The van der Waals surface area contributed by atoms with Gasteiger partial charge in [0.25, 0.3) is 0 Å². The number of carbonyl (C=O) groups is 1. The summed E-state index contributed by atoms with van der Waals surface area (Å²) in [5, 5.41) is 0. The number of hydrogen-bond donors (Lipinski definition) is 0. The molecule has 3 rings (SSSR count). The van der Waals surface area contributed by atoms with E-state index in [-0.39, 0.29) is 5.91 Å². The van der Waals surface area contributed by atoms with E-state index < -0.39 is 0 Å². The minimum atomic E-state index is 0.202. The molecule has 8 nitrogen and oxygen atoms in total. The topological polar surface area (TPSA) is 66.4 Å². The van der Waals surface area contributed by atoms with Gasteiger partial charge in [0.15, 0.2) is 38.7 Å². The van der Waals surface area contributed by atoms with Crippen LogP contribution in [0.4, 0.5) is 0 Å². The van der Waals surface area contributed by atoms with E-state index in [4.69, 9.17) is 14.2 Å². The number of carbonyl (C=O) groups excluding carboxylic acids is 1. The minimum Gasteiger partial charge on any atom is -0.479 e. The van der Waals surface area contributed by atoms with Crippen molar-refractivity contribution in [1.82, 2.24) is 4.90 Å². The Balaban J connectivity index is 0.000000250. The molecule has 0 spiro atoms. The lowest BCUT2D eigenvalue weighted by Crippen LogP contribution is -2.33. The summed E-state index contributed by atoms with van der Waals surface area (Å²) in [6.45, 7) is 15.1. The molecule has 8 heteroatoms. The Hall–Kier alpha value is -2.12. The van der Waals surface area contributed by atoms with E-state index in [2.05, 4.69) is 35.0 Å². The quantitative estimate of drug-likeness (QED) is 0.584. The predicted octanol–water partition coefficient (Wildman–Crippen LogP) is 2.00. The van der Waals surface area contributed by atoms with Gasteiger partial charge in [0.1, 0.15) is 13.7 Å². The Morgan fingerprint density at radius 3 is 2.07 bits per heavy atom. The summed E-state index contributed by atoms with van der Waals surface area (Å²) in [4.78, 5) is 17.2. The normalized spacial score (nSPS) is 17.2. The summed E-state index contributed by atoms with van der Waals surface area (Å²) < 4.78 is 20.2. The van der Waals surface area contributed by atoms with Crippen molar-refractivity contribution >= 4 is 23.6 Å². The van der Waals surface area contributed by atoms with Gasteiger partial charge in [0.2, 0.25) is 5.91 Å². The number of amides is 1. The monoisotopic (exact) mass is 426 g/mol. The molecular weight excluding hydrogens is 384 g/mol. The summed E-state index contributed by atoms with van der Waals surface area (Å²) in [6.07, 6.45) is 3.49. The standard InChI is InChI=1S/C11H21N2O2.C6H12NO.C5H9NO/c1-4-10(14)12(3)6-7-13-8-9-15-11(13)5-2;1-3-6-7(2)4-5-8-6;1-2-5-6-3-4-7-5/h4-9H2,1-3H3;3-5H2,1-2H3;2-4H2,1H3/q2*+1;. The fourth-order valence-electron chi connectivity index (χ4n) is 3.22. The molecule has 0 aliphatic carbocycles. The first-order chi connectivity index (χ1) is 14.5. The molecule has 3 aliphatic rings. The van der Waals surface area contributed by atoms with Gasteiger partial charge in [-0.05, 0) is 0 Å². The minimum absolute atomic E-state index is 0.202. The number of rotatable bonds is 7. The molecular formula is C22H42N4O4+2. The second-order valence-electron chi connectivity index (χ2n) is 7.25. The number of aliphatic imine (C=N–C) groups is 1. The highest BCUT2D eigenvalue weighted by molar-refractivity contribution is 5.76. The summed E-state index contributed by atoms with van der Waals surface area (Å²) in [7, 11) is 3.92. The van der Waals surface area contributed by atoms with Crippen LogP contribution in [0.3, 0.4) is 0 Å². The highest BCUT2D eigenvalue weighted by Gasteiger charge is 2.22. The molecule has 0 radical (unpaired) electrons. The van der Waals surface area contributed by atoms with Gasteiger partial charge < -0.3 is 19.1 Å². The number of nitrogens with zero attached hydrogens (tertiary/aromatic N) is 4. The number of likely N-dealkylation sites (N-methyl/N-ethyl adjacent to an activating group) is 2. The van der Waals surface area contributed by atoms with Crippen LogP contribution in [0.2, 0.25) is 0 Å².